The number of aryl methyl sites for hydroxylation is 1. The molecule has 0 aromatic carbocycles. The van der Waals surface area contributed by atoms with Crippen molar-refractivity contribution in [2.24, 2.45) is 12.8 Å². The fraction of sp³-hybridized carbons (Fsp3) is 0.417. The molecular weight excluding hydrogens is 308 g/mol. The van der Waals surface area contributed by atoms with Gasteiger partial charge >= 0.3 is 0 Å². The molecule has 118 valence electrons. The minimum absolute atomic E-state index is 0.0120. The molecule has 22 heavy (non-hydrogen) atoms. The Morgan fingerprint density at radius 2 is 2.27 bits per heavy atom. The van der Waals surface area contributed by atoms with Gasteiger partial charge in [0.1, 0.15) is 0 Å². The van der Waals surface area contributed by atoms with Crippen LogP contribution in [0.3, 0.4) is 0 Å². The first-order valence-electron chi connectivity index (χ1n) is 6.74. The summed E-state index contributed by atoms with van der Waals surface area (Å²) in [6, 6.07) is -0.489. The number of hydrogen-bond donors (Lipinski definition) is 2. The molecule has 0 unspecified atom stereocenters. The van der Waals surface area contributed by atoms with E-state index in [0.29, 0.717) is 25.1 Å². The number of hydrogen-bond acceptors (Lipinski definition) is 5. The van der Waals surface area contributed by atoms with Crippen molar-refractivity contribution in [2.45, 2.75) is 23.9 Å². The topological polar surface area (TPSA) is 127 Å². The van der Waals surface area contributed by atoms with Gasteiger partial charge in [-0.25, -0.2) is 13.4 Å². The highest BCUT2D eigenvalue weighted by Gasteiger charge is 2.39. The van der Waals surface area contributed by atoms with E-state index in [-0.39, 0.29) is 10.6 Å². The van der Waals surface area contributed by atoms with Gasteiger partial charge in [0.25, 0.3) is 15.9 Å². The van der Waals surface area contributed by atoms with E-state index < -0.39 is 22.0 Å². The number of H-pyrrole nitrogens is 1. The van der Waals surface area contributed by atoms with Crippen molar-refractivity contribution < 1.29 is 13.2 Å². The number of amides is 1. The number of carbonyl (C=O) groups is 1. The van der Waals surface area contributed by atoms with Crippen LogP contribution in [0.25, 0.3) is 0 Å². The number of aromatic amines is 1. The summed E-state index contributed by atoms with van der Waals surface area (Å²) in [7, 11) is -2.03. The lowest BCUT2D eigenvalue weighted by Gasteiger charge is -2.22. The van der Waals surface area contributed by atoms with E-state index in [4.69, 9.17) is 5.73 Å². The quantitative estimate of drug-likeness (QED) is 0.803. The molecule has 0 bridgehead atoms. The van der Waals surface area contributed by atoms with Gasteiger partial charge < -0.3 is 10.3 Å². The highest BCUT2D eigenvalue weighted by Crippen LogP contribution is 2.36. The normalized spacial score (nSPS) is 19.6. The summed E-state index contributed by atoms with van der Waals surface area (Å²) >= 11 is 0. The van der Waals surface area contributed by atoms with E-state index in [0.717, 1.165) is 0 Å². The van der Waals surface area contributed by atoms with Crippen molar-refractivity contribution in [2.75, 3.05) is 6.54 Å². The van der Waals surface area contributed by atoms with Gasteiger partial charge in [0, 0.05) is 19.8 Å². The summed E-state index contributed by atoms with van der Waals surface area (Å²) in [4.78, 5) is 15.4. The van der Waals surface area contributed by atoms with Crippen LogP contribution < -0.4 is 5.73 Å². The van der Waals surface area contributed by atoms with Gasteiger partial charge in [-0.15, -0.1) is 0 Å². The van der Waals surface area contributed by atoms with Crippen LogP contribution in [-0.4, -0.2) is 44.9 Å². The summed E-state index contributed by atoms with van der Waals surface area (Å²) in [5.41, 5.74) is 5.96. The van der Waals surface area contributed by atoms with Crippen LogP contribution in [0.5, 0.6) is 0 Å². The van der Waals surface area contributed by atoms with Crippen molar-refractivity contribution in [1.82, 2.24) is 24.1 Å². The van der Waals surface area contributed by atoms with Crippen LogP contribution >= 0.6 is 0 Å². The second-order valence-corrected chi connectivity index (χ2v) is 7.05. The maximum Gasteiger partial charge on any atom is 0.262 e. The van der Waals surface area contributed by atoms with E-state index >= 15 is 0 Å². The summed E-state index contributed by atoms with van der Waals surface area (Å²) in [5.74, 6) is -0.633. The third-order valence-corrected chi connectivity index (χ3v) is 5.52. The first-order chi connectivity index (χ1) is 10.4. The van der Waals surface area contributed by atoms with E-state index in [1.807, 2.05) is 0 Å². The molecule has 3 rings (SSSR count). The monoisotopic (exact) mass is 324 g/mol. The SMILES string of the molecule is Cn1cnc(S(=O)(=O)N2CCC[C@H]2c2[nH]ncc2C(N)=O)c1. The van der Waals surface area contributed by atoms with Gasteiger partial charge in [0.2, 0.25) is 0 Å². The second-order valence-electron chi connectivity index (χ2n) is 5.21. The Hall–Kier alpha value is -2.20. The minimum atomic E-state index is -3.73. The number of sulfonamides is 1. The molecule has 9 nitrogen and oxygen atoms in total. The van der Waals surface area contributed by atoms with Gasteiger partial charge in [-0.2, -0.15) is 9.40 Å². The maximum absolute atomic E-state index is 12.7. The fourth-order valence-electron chi connectivity index (χ4n) is 2.70. The summed E-state index contributed by atoms with van der Waals surface area (Å²) in [5, 5.41) is 6.51. The molecular formula is C12H16N6O3S. The fourth-order valence-corrected chi connectivity index (χ4v) is 4.34. The van der Waals surface area contributed by atoms with Crippen LogP contribution in [-0.2, 0) is 17.1 Å². The number of primary amides is 1. The van der Waals surface area contributed by atoms with Crippen LogP contribution in [0.15, 0.2) is 23.7 Å². The van der Waals surface area contributed by atoms with E-state index in [1.54, 1.807) is 11.6 Å². The number of rotatable bonds is 4. The molecule has 2 aromatic heterocycles. The van der Waals surface area contributed by atoms with Gasteiger partial charge in [0.05, 0.1) is 29.8 Å². The van der Waals surface area contributed by atoms with E-state index in [2.05, 4.69) is 15.2 Å². The van der Waals surface area contributed by atoms with Gasteiger partial charge in [-0.1, -0.05) is 0 Å². The van der Waals surface area contributed by atoms with Crippen LogP contribution in [0.1, 0.15) is 34.9 Å². The molecule has 1 fully saturated rings. The Balaban J connectivity index is 2.00. The number of nitrogens with two attached hydrogens (primary N) is 1. The number of imidazole rings is 1. The highest BCUT2D eigenvalue weighted by atomic mass is 32.2. The largest absolute Gasteiger partial charge is 0.365 e. The van der Waals surface area contributed by atoms with Crippen LogP contribution in [0.2, 0.25) is 0 Å². The molecule has 0 radical (unpaired) electrons. The Kier molecular flexibility index (Phi) is 3.49. The van der Waals surface area contributed by atoms with Crippen molar-refractivity contribution in [1.29, 1.82) is 0 Å². The molecule has 1 amide bonds. The minimum Gasteiger partial charge on any atom is -0.365 e. The Labute approximate surface area is 127 Å². The summed E-state index contributed by atoms with van der Waals surface area (Å²) in [6.45, 7) is 0.362. The average molecular weight is 324 g/mol. The zero-order valence-corrected chi connectivity index (χ0v) is 12.7. The number of carbonyl (C=O) groups excluding carboxylic acids is 1. The van der Waals surface area contributed by atoms with Crippen molar-refractivity contribution in [3.05, 3.63) is 30.0 Å². The third kappa shape index (κ3) is 2.29. The van der Waals surface area contributed by atoms with Crippen LogP contribution in [0, 0.1) is 0 Å². The molecule has 1 aliphatic rings. The zero-order chi connectivity index (χ0) is 15.9. The van der Waals surface area contributed by atoms with Gasteiger partial charge in [-0.3, -0.25) is 9.89 Å². The first-order valence-corrected chi connectivity index (χ1v) is 8.18. The molecule has 2 aromatic rings. The lowest BCUT2D eigenvalue weighted by molar-refractivity contribution is 0.0998. The van der Waals surface area contributed by atoms with E-state index in [9.17, 15) is 13.2 Å². The van der Waals surface area contributed by atoms with Crippen molar-refractivity contribution in [3.63, 3.8) is 0 Å². The summed E-state index contributed by atoms with van der Waals surface area (Å²) in [6.07, 6.45) is 5.49. The molecule has 1 atom stereocenters. The molecule has 1 aliphatic heterocycles. The van der Waals surface area contributed by atoms with Crippen molar-refractivity contribution in [3.8, 4) is 0 Å². The molecule has 10 heteroatoms. The molecule has 3 N–H and O–H groups in total. The Morgan fingerprint density at radius 3 is 2.91 bits per heavy atom. The zero-order valence-electron chi connectivity index (χ0n) is 11.9. The number of nitrogens with zero attached hydrogens (tertiary/aromatic N) is 4. The number of aromatic nitrogens is 4. The first kappa shape index (κ1) is 14.7. The Bertz CT molecular complexity index is 808. The number of nitrogens with one attached hydrogen (secondary N) is 1. The lowest BCUT2D eigenvalue weighted by atomic mass is 10.1. The average Bonchev–Trinajstić information content (AvgIpc) is 3.17. The maximum atomic E-state index is 12.7. The predicted octanol–water partition coefficient (Wildman–Crippen LogP) is -0.232. The predicted molar refractivity (Wildman–Crippen MR) is 76.2 cm³/mol. The van der Waals surface area contributed by atoms with Gasteiger partial charge in [-0.05, 0) is 12.8 Å². The smallest absolute Gasteiger partial charge is 0.262 e. The Morgan fingerprint density at radius 1 is 1.50 bits per heavy atom. The van der Waals surface area contributed by atoms with Crippen LogP contribution in [0.4, 0.5) is 0 Å². The molecule has 3 heterocycles. The highest BCUT2D eigenvalue weighted by molar-refractivity contribution is 7.89. The standard InChI is InChI=1S/C12H16N6O3S/c1-17-6-10(14-7-17)22(20,21)18-4-2-3-9(18)11-8(12(13)19)5-15-16-11/h5-7,9H,2-4H2,1H3,(H2,13,19)(H,15,16)/t9-/m0/s1. The lowest BCUT2D eigenvalue weighted by Crippen LogP contribution is -2.32. The van der Waals surface area contributed by atoms with Gasteiger partial charge in [0.15, 0.2) is 5.03 Å². The molecule has 0 aliphatic carbocycles. The molecule has 0 spiro atoms. The van der Waals surface area contributed by atoms with Crippen molar-refractivity contribution >= 4 is 15.9 Å². The molecule has 0 saturated carbocycles. The third-order valence-electron chi connectivity index (χ3n) is 3.73. The second kappa shape index (κ2) is 5.21. The summed E-state index contributed by atoms with van der Waals surface area (Å²) < 4.78 is 28.4. The van der Waals surface area contributed by atoms with E-state index in [1.165, 1.54) is 23.0 Å². The molecule has 1 saturated heterocycles.